The van der Waals surface area contributed by atoms with Gasteiger partial charge in [0.25, 0.3) is 0 Å². The molecule has 0 aromatic heterocycles. The van der Waals surface area contributed by atoms with Crippen molar-refractivity contribution in [1.29, 1.82) is 0 Å². The Labute approximate surface area is 444 Å². The van der Waals surface area contributed by atoms with Crippen LogP contribution in [0.1, 0.15) is 54.9 Å². The minimum atomic E-state index is -1.67. The Morgan fingerprint density at radius 3 is 1.57 bits per heavy atom. The molecule has 1 fully saturated rings. The quantitative estimate of drug-likeness (QED) is 0.0304. The number of carboxylic acid groups (broad SMARTS) is 1. The van der Waals surface area contributed by atoms with Crippen molar-refractivity contribution in [3.63, 3.8) is 0 Å². The van der Waals surface area contributed by atoms with E-state index in [0.29, 0.717) is 23.1 Å². The fourth-order valence-electron chi connectivity index (χ4n) is 8.42. The molecule has 1 aliphatic heterocycles. The molecular weight excluding hydrogens is 997 g/mol. The van der Waals surface area contributed by atoms with E-state index in [4.69, 9.17) is 11.5 Å². The SMILES string of the molecule is CC(NC(=O)C(Cc1ccccc1)NC(=O)C(CCC(N)=O)NC(=O)CNC(=O)C1CCCN1C(=O)C(Cc1ccccc1)NC(=O)C(N)Cc1ccc(O)cc1)C(=O)NC(Cc1ccccc1)C(=O)NC(CO)C(=O)O. The summed E-state index contributed by atoms with van der Waals surface area (Å²) in [5.41, 5.74) is 14.2. The molecule has 0 radical (unpaired) electrons. The number of nitrogens with zero attached hydrogens (tertiary/aromatic N) is 1. The highest BCUT2D eigenvalue weighted by Gasteiger charge is 2.39. The zero-order valence-electron chi connectivity index (χ0n) is 42.4. The minimum absolute atomic E-state index is 0.0434. The molecule has 8 unspecified atom stereocenters. The van der Waals surface area contributed by atoms with Crippen molar-refractivity contribution in [2.45, 2.75) is 107 Å². The second-order valence-corrected chi connectivity index (χ2v) is 18.6. The van der Waals surface area contributed by atoms with Gasteiger partial charge < -0.3 is 68.9 Å². The van der Waals surface area contributed by atoms with E-state index < -0.39 is 121 Å². The van der Waals surface area contributed by atoms with Gasteiger partial charge in [0.05, 0.1) is 19.2 Å². The number of aromatic hydroxyl groups is 1. The molecular formula is C54H66N10O13. The number of rotatable bonds is 28. The fraction of sp³-hybridized carbons (Fsp3) is 0.370. The molecule has 23 nitrogen and oxygen atoms in total. The lowest BCUT2D eigenvalue weighted by atomic mass is 10.0. The third-order valence-electron chi connectivity index (χ3n) is 12.6. The van der Waals surface area contributed by atoms with E-state index in [2.05, 4.69) is 37.2 Å². The van der Waals surface area contributed by atoms with E-state index in [9.17, 15) is 63.3 Å². The smallest absolute Gasteiger partial charge is 0.328 e. The lowest BCUT2D eigenvalue weighted by Gasteiger charge is -2.29. The van der Waals surface area contributed by atoms with Crippen LogP contribution in [0.5, 0.6) is 5.75 Å². The van der Waals surface area contributed by atoms with Gasteiger partial charge in [0.2, 0.25) is 53.2 Å². The first-order chi connectivity index (χ1) is 36.8. The van der Waals surface area contributed by atoms with Gasteiger partial charge in [0.15, 0.2) is 0 Å². The number of likely N-dealkylation sites (tertiary alicyclic amines) is 1. The third kappa shape index (κ3) is 18.9. The topological polar surface area (TPSA) is 371 Å². The number of amides is 9. The summed E-state index contributed by atoms with van der Waals surface area (Å²) in [6.07, 6.45) is -0.117. The van der Waals surface area contributed by atoms with Gasteiger partial charge in [-0.1, -0.05) is 103 Å². The zero-order chi connectivity index (χ0) is 56.0. The number of phenols is 1. The van der Waals surface area contributed by atoms with Gasteiger partial charge in [-0.25, -0.2) is 4.79 Å². The molecule has 4 aromatic carbocycles. The van der Waals surface area contributed by atoms with Gasteiger partial charge in [0, 0.05) is 32.2 Å². The molecule has 23 heteroatoms. The number of nitrogens with one attached hydrogen (secondary N) is 7. The molecule has 0 bridgehead atoms. The molecule has 0 aliphatic carbocycles. The summed E-state index contributed by atoms with van der Waals surface area (Å²) in [7, 11) is 0. The van der Waals surface area contributed by atoms with Crippen molar-refractivity contribution in [3.05, 3.63) is 138 Å². The molecule has 0 spiro atoms. The number of carbonyl (C=O) groups is 10. The molecule has 1 saturated heterocycles. The number of hydrogen-bond acceptors (Lipinski definition) is 13. The number of aliphatic carboxylic acids is 1. The number of aliphatic hydroxyl groups excluding tert-OH is 1. The van der Waals surface area contributed by atoms with Crippen LogP contribution in [-0.4, -0.2) is 147 Å². The second-order valence-electron chi connectivity index (χ2n) is 18.6. The number of nitrogens with two attached hydrogens (primary N) is 2. The molecule has 4 aromatic rings. The van der Waals surface area contributed by atoms with Crippen LogP contribution in [0.25, 0.3) is 0 Å². The van der Waals surface area contributed by atoms with Gasteiger partial charge in [-0.2, -0.15) is 0 Å². The summed E-state index contributed by atoms with van der Waals surface area (Å²) >= 11 is 0. The van der Waals surface area contributed by atoms with Crippen molar-refractivity contribution in [2.75, 3.05) is 19.7 Å². The van der Waals surface area contributed by atoms with E-state index in [1.165, 1.54) is 24.0 Å². The number of carbonyl (C=O) groups excluding carboxylic acids is 9. The lowest BCUT2D eigenvalue weighted by Crippen LogP contribution is -2.59. The maximum atomic E-state index is 14.3. The van der Waals surface area contributed by atoms with Gasteiger partial charge in [-0.05, 0) is 67.0 Å². The zero-order valence-corrected chi connectivity index (χ0v) is 42.4. The predicted octanol–water partition coefficient (Wildman–Crippen LogP) is -1.63. The maximum absolute atomic E-state index is 14.3. The Bertz CT molecular complexity index is 2680. The number of benzene rings is 4. The van der Waals surface area contributed by atoms with Crippen molar-refractivity contribution < 1.29 is 63.3 Å². The molecule has 410 valence electrons. The molecule has 1 aliphatic rings. The van der Waals surface area contributed by atoms with Crippen LogP contribution in [0.2, 0.25) is 0 Å². The summed E-state index contributed by atoms with van der Waals surface area (Å²) < 4.78 is 0. The predicted molar refractivity (Wildman–Crippen MR) is 278 cm³/mol. The Hall–Kier alpha value is -8.70. The van der Waals surface area contributed by atoms with Gasteiger partial charge >= 0.3 is 5.97 Å². The van der Waals surface area contributed by atoms with Crippen molar-refractivity contribution in [1.82, 2.24) is 42.1 Å². The lowest BCUT2D eigenvalue weighted by molar-refractivity contribution is -0.143. The highest BCUT2D eigenvalue weighted by Crippen LogP contribution is 2.20. The normalized spacial score (nSPS) is 15.6. The van der Waals surface area contributed by atoms with Gasteiger partial charge in [-0.15, -0.1) is 0 Å². The summed E-state index contributed by atoms with van der Waals surface area (Å²) in [4.78, 5) is 135. The molecule has 5 rings (SSSR count). The standard InChI is InChI=1S/C54H66N10O13/c1-32(47(69)60-41(28-34-14-7-3-8-15-34)51(73)63-43(31-65)54(76)77)58-50(72)40(27-33-12-5-2-6-13-33)61-49(71)39(23-24-45(56)67)59-46(68)30-57-52(74)44-18-11-25-64(44)53(75)42(29-35-16-9-4-10-17-35)62-48(70)38(55)26-36-19-21-37(66)22-20-36/h2-10,12-17,19-22,32,38-44,65-66H,11,18,23-31,55H2,1H3,(H2,56,67)(H,57,74)(H,58,72)(H,59,68)(H,60,69)(H,61,71)(H,62,70)(H,63,73)(H,76,77). The number of primary amides is 1. The first-order valence-corrected chi connectivity index (χ1v) is 25.0. The van der Waals surface area contributed by atoms with Crippen LogP contribution in [0.4, 0.5) is 0 Å². The number of hydrogen-bond donors (Lipinski definition) is 12. The first-order valence-electron chi connectivity index (χ1n) is 25.0. The maximum Gasteiger partial charge on any atom is 0.328 e. The van der Waals surface area contributed by atoms with Crippen LogP contribution in [-0.2, 0) is 73.6 Å². The monoisotopic (exact) mass is 1060 g/mol. The van der Waals surface area contributed by atoms with E-state index in [1.807, 2.05) is 0 Å². The number of phenolic OH excluding ortho intramolecular Hbond substituents is 1. The van der Waals surface area contributed by atoms with E-state index in [-0.39, 0.29) is 57.2 Å². The summed E-state index contributed by atoms with van der Waals surface area (Å²) in [6, 6.07) is 21.5. The van der Waals surface area contributed by atoms with Gasteiger partial charge in [0.1, 0.15) is 48.0 Å². The highest BCUT2D eigenvalue weighted by molar-refractivity contribution is 5.98. The average Bonchev–Trinajstić information content (AvgIpc) is 3.91. The van der Waals surface area contributed by atoms with Gasteiger partial charge in [-0.3, -0.25) is 43.2 Å². The van der Waals surface area contributed by atoms with Crippen molar-refractivity contribution in [3.8, 4) is 5.75 Å². The highest BCUT2D eigenvalue weighted by atomic mass is 16.4. The Balaban J connectivity index is 1.24. The second kappa shape index (κ2) is 29.4. The number of aliphatic hydroxyl groups is 1. The first kappa shape index (κ1) is 59.2. The molecule has 77 heavy (non-hydrogen) atoms. The molecule has 9 amide bonds. The van der Waals surface area contributed by atoms with E-state index >= 15 is 0 Å². The summed E-state index contributed by atoms with van der Waals surface area (Å²) in [5.74, 6) is -8.63. The Morgan fingerprint density at radius 2 is 1.05 bits per heavy atom. The molecule has 0 saturated carbocycles. The van der Waals surface area contributed by atoms with Crippen LogP contribution >= 0.6 is 0 Å². The van der Waals surface area contributed by atoms with Crippen molar-refractivity contribution in [2.24, 2.45) is 11.5 Å². The summed E-state index contributed by atoms with van der Waals surface area (Å²) in [6.45, 7) is -0.143. The largest absolute Gasteiger partial charge is 0.508 e. The Kier molecular flexibility index (Phi) is 22.6. The number of carboxylic acids is 1. The fourth-order valence-corrected chi connectivity index (χ4v) is 8.42. The average molecular weight is 1060 g/mol. The van der Waals surface area contributed by atoms with Crippen LogP contribution in [0.3, 0.4) is 0 Å². The van der Waals surface area contributed by atoms with Crippen molar-refractivity contribution >= 4 is 59.1 Å². The van der Waals surface area contributed by atoms with Crippen LogP contribution in [0, 0.1) is 0 Å². The minimum Gasteiger partial charge on any atom is -0.508 e. The molecule has 14 N–H and O–H groups in total. The molecule has 1 heterocycles. The Morgan fingerprint density at radius 1 is 0.584 bits per heavy atom. The van der Waals surface area contributed by atoms with Crippen LogP contribution < -0.4 is 48.7 Å². The van der Waals surface area contributed by atoms with E-state index in [0.717, 1.165) is 5.56 Å². The third-order valence-corrected chi connectivity index (χ3v) is 12.6. The van der Waals surface area contributed by atoms with Crippen LogP contribution in [0.15, 0.2) is 115 Å². The van der Waals surface area contributed by atoms with E-state index in [1.54, 1.807) is 103 Å². The molecule has 8 atom stereocenters. The summed E-state index contributed by atoms with van der Waals surface area (Å²) in [5, 5.41) is 46.1.